The largest absolute Gasteiger partial charge is 0.497 e. The van der Waals surface area contributed by atoms with Crippen LogP contribution in [0.2, 0.25) is 0 Å². The van der Waals surface area contributed by atoms with E-state index in [4.69, 9.17) is 4.74 Å². The highest BCUT2D eigenvalue weighted by atomic mass is 32.2. The zero-order valence-corrected chi connectivity index (χ0v) is 14.6. The van der Waals surface area contributed by atoms with E-state index in [0.717, 1.165) is 24.5 Å². The van der Waals surface area contributed by atoms with Gasteiger partial charge < -0.3 is 15.0 Å². The minimum Gasteiger partial charge on any atom is -0.497 e. The second kappa shape index (κ2) is 7.90. The van der Waals surface area contributed by atoms with E-state index in [9.17, 15) is 9.59 Å². The van der Waals surface area contributed by atoms with Crippen LogP contribution in [0.1, 0.15) is 23.2 Å². The van der Waals surface area contributed by atoms with Crippen molar-refractivity contribution in [2.24, 2.45) is 0 Å². The van der Waals surface area contributed by atoms with Crippen molar-refractivity contribution >= 4 is 23.6 Å². The third-order valence-electron chi connectivity index (χ3n) is 4.48. The molecule has 2 amide bonds. The number of nitrogens with one attached hydrogen (secondary N) is 2. The first kappa shape index (κ1) is 17.1. The van der Waals surface area contributed by atoms with Crippen molar-refractivity contribution in [2.75, 3.05) is 31.8 Å². The summed E-state index contributed by atoms with van der Waals surface area (Å²) in [7, 11) is 1.59. The van der Waals surface area contributed by atoms with Gasteiger partial charge in [-0.25, -0.2) is 0 Å². The molecule has 1 atom stereocenters. The molecule has 2 saturated heterocycles. The summed E-state index contributed by atoms with van der Waals surface area (Å²) in [5.74, 6) is 2.46. The van der Waals surface area contributed by atoms with Crippen molar-refractivity contribution in [3.8, 4) is 5.75 Å². The maximum atomic E-state index is 12.6. The Bertz CT molecular complexity index is 596. The number of hydrogen-bond donors (Lipinski definition) is 2. The molecule has 3 rings (SSSR count). The molecule has 0 radical (unpaired) electrons. The third-order valence-corrected chi connectivity index (χ3v) is 5.42. The third kappa shape index (κ3) is 4.02. The quantitative estimate of drug-likeness (QED) is 0.851. The Morgan fingerprint density at radius 3 is 2.79 bits per heavy atom. The van der Waals surface area contributed by atoms with Gasteiger partial charge in [-0.1, -0.05) is 6.07 Å². The molecule has 2 N–H and O–H groups in total. The highest BCUT2D eigenvalue weighted by Crippen LogP contribution is 2.18. The molecule has 1 unspecified atom stereocenters. The van der Waals surface area contributed by atoms with Crippen molar-refractivity contribution in [3.05, 3.63) is 29.8 Å². The predicted molar refractivity (Wildman–Crippen MR) is 94.3 cm³/mol. The first-order valence-electron chi connectivity index (χ1n) is 8.22. The normalized spacial score (nSPS) is 21.5. The molecule has 6 nitrogen and oxygen atoms in total. The van der Waals surface area contributed by atoms with Crippen molar-refractivity contribution in [3.63, 3.8) is 0 Å². The maximum absolute atomic E-state index is 12.6. The minimum absolute atomic E-state index is 0.0209. The summed E-state index contributed by atoms with van der Waals surface area (Å²) in [5, 5.41) is 6.29. The van der Waals surface area contributed by atoms with Gasteiger partial charge in [-0.2, -0.15) is 0 Å². The summed E-state index contributed by atoms with van der Waals surface area (Å²) >= 11 is 1.74. The van der Waals surface area contributed by atoms with Crippen molar-refractivity contribution in [1.29, 1.82) is 0 Å². The van der Waals surface area contributed by atoms with E-state index in [1.165, 1.54) is 0 Å². The smallest absolute Gasteiger partial charge is 0.253 e. The molecule has 2 aliphatic rings. The first-order chi connectivity index (χ1) is 11.7. The molecule has 130 valence electrons. The fraction of sp³-hybridized carbons (Fsp3) is 0.529. The fourth-order valence-electron chi connectivity index (χ4n) is 3.03. The Morgan fingerprint density at radius 2 is 2.12 bits per heavy atom. The molecular formula is C17H23N3O3S. The van der Waals surface area contributed by atoms with Crippen molar-refractivity contribution < 1.29 is 14.3 Å². The molecule has 0 aliphatic carbocycles. The molecule has 1 aromatic rings. The highest BCUT2D eigenvalue weighted by Gasteiger charge is 2.28. The Hall–Kier alpha value is -1.73. The zero-order chi connectivity index (χ0) is 16.9. The average molecular weight is 349 g/mol. The lowest BCUT2D eigenvalue weighted by molar-refractivity contribution is -0.123. The monoisotopic (exact) mass is 349 g/mol. The summed E-state index contributed by atoms with van der Waals surface area (Å²) in [6.45, 7) is 1.32. The van der Waals surface area contributed by atoms with Gasteiger partial charge in [-0.15, -0.1) is 11.8 Å². The van der Waals surface area contributed by atoms with Crippen LogP contribution in [0.25, 0.3) is 0 Å². The number of amides is 2. The number of thioether (sulfide) groups is 1. The van der Waals surface area contributed by atoms with Gasteiger partial charge in [0.15, 0.2) is 0 Å². The van der Waals surface area contributed by atoms with E-state index in [1.807, 2.05) is 23.1 Å². The van der Waals surface area contributed by atoms with E-state index >= 15 is 0 Å². The Labute approximate surface area is 146 Å². The Balaban J connectivity index is 1.50. The number of nitrogens with zero attached hydrogens (tertiary/aromatic N) is 1. The maximum Gasteiger partial charge on any atom is 0.253 e. The predicted octanol–water partition coefficient (Wildman–Crippen LogP) is 1.08. The molecular weight excluding hydrogens is 326 g/mol. The lowest BCUT2D eigenvalue weighted by Crippen LogP contribution is -2.51. The SMILES string of the molecule is COc1cccc(C(=O)N2CCC(NC(=O)C3CSCN3)CC2)c1. The number of carbonyl (C=O) groups excluding carboxylic acids is 2. The molecule has 0 aromatic heterocycles. The number of likely N-dealkylation sites (tertiary alicyclic amines) is 1. The van der Waals surface area contributed by atoms with Crippen LogP contribution in [0.15, 0.2) is 24.3 Å². The second-order valence-corrected chi connectivity index (χ2v) is 7.11. The van der Waals surface area contributed by atoms with Crippen LogP contribution in [-0.4, -0.2) is 60.6 Å². The summed E-state index contributed by atoms with van der Waals surface area (Å²) in [5.41, 5.74) is 0.643. The summed E-state index contributed by atoms with van der Waals surface area (Å²) in [6, 6.07) is 7.30. The number of benzene rings is 1. The Morgan fingerprint density at radius 1 is 1.33 bits per heavy atom. The van der Waals surface area contributed by atoms with Gasteiger partial charge in [0.2, 0.25) is 5.91 Å². The number of hydrogen-bond acceptors (Lipinski definition) is 5. The van der Waals surface area contributed by atoms with Crippen molar-refractivity contribution in [2.45, 2.75) is 24.9 Å². The molecule has 2 fully saturated rings. The number of rotatable bonds is 4. The van der Waals surface area contributed by atoms with Gasteiger partial charge in [0, 0.05) is 36.3 Å². The van der Waals surface area contributed by atoms with Crippen LogP contribution < -0.4 is 15.4 Å². The van der Waals surface area contributed by atoms with E-state index in [-0.39, 0.29) is 23.9 Å². The first-order valence-corrected chi connectivity index (χ1v) is 9.37. The zero-order valence-electron chi connectivity index (χ0n) is 13.8. The minimum atomic E-state index is -0.0774. The molecule has 0 spiro atoms. The second-order valence-electron chi connectivity index (χ2n) is 6.08. The standard InChI is InChI=1S/C17H23N3O3S/c1-23-14-4-2-3-12(9-14)17(22)20-7-5-13(6-8-20)19-16(21)15-10-24-11-18-15/h2-4,9,13,15,18H,5-8,10-11H2,1H3,(H,19,21). The van der Waals surface area contributed by atoms with Crippen LogP contribution in [0.5, 0.6) is 5.75 Å². The molecule has 2 heterocycles. The van der Waals surface area contributed by atoms with Crippen LogP contribution >= 0.6 is 11.8 Å². The van der Waals surface area contributed by atoms with Gasteiger partial charge in [-0.05, 0) is 31.0 Å². The molecule has 0 saturated carbocycles. The van der Waals surface area contributed by atoms with Crippen LogP contribution in [-0.2, 0) is 4.79 Å². The number of methoxy groups -OCH3 is 1. The number of piperidine rings is 1. The van der Waals surface area contributed by atoms with E-state index < -0.39 is 0 Å². The highest BCUT2D eigenvalue weighted by molar-refractivity contribution is 7.99. The lowest BCUT2D eigenvalue weighted by Gasteiger charge is -2.33. The average Bonchev–Trinajstić information content (AvgIpc) is 3.16. The number of ether oxygens (including phenoxy) is 1. The molecule has 1 aromatic carbocycles. The van der Waals surface area contributed by atoms with Crippen molar-refractivity contribution in [1.82, 2.24) is 15.5 Å². The van der Waals surface area contributed by atoms with Gasteiger partial charge in [0.25, 0.3) is 5.91 Å². The van der Waals surface area contributed by atoms with E-state index in [2.05, 4.69) is 10.6 Å². The van der Waals surface area contributed by atoms with Gasteiger partial charge in [-0.3, -0.25) is 14.9 Å². The molecule has 2 aliphatic heterocycles. The summed E-state index contributed by atoms with van der Waals surface area (Å²) < 4.78 is 5.18. The van der Waals surface area contributed by atoms with Gasteiger partial charge >= 0.3 is 0 Å². The summed E-state index contributed by atoms with van der Waals surface area (Å²) in [4.78, 5) is 26.6. The van der Waals surface area contributed by atoms with Crippen LogP contribution in [0.4, 0.5) is 0 Å². The van der Waals surface area contributed by atoms with Gasteiger partial charge in [0.05, 0.1) is 13.2 Å². The molecule has 7 heteroatoms. The fourth-order valence-corrected chi connectivity index (χ4v) is 3.97. The van der Waals surface area contributed by atoms with E-state index in [0.29, 0.717) is 24.4 Å². The van der Waals surface area contributed by atoms with Gasteiger partial charge in [0.1, 0.15) is 5.75 Å². The number of carbonyl (C=O) groups is 2. The lowest BCUT2D eigenvalue weighted by atomic mass is 10.0. The Kier molecular flexibility index (Phi) is 5.63. The molecule has 24 heavy (non-hydrogen) atoms. The summed E-state index contributed by atoms with van der Waals surface area (Å²) in [6.07, 6.45) is 1.59. The van der Waals surface area contributed by atoms with E-state index in [1.54, 1.807) is 24.9 Å². The topological polar surface area (TPSA) is 70.7 Å². The molecule has 0 bridgehead atoms. The van der Waals surface area contributed by atoms with Crippen LogP contribution in [0, 0.1) is 0 Å². The van der Waals surface area contributed by atoms with Crippen LogP contribution in [0.3, 0.4) is 0 Å².